The summed E-state index contributed by atoms with van der Waals surface area (Å²) < 4.78 is 26.6. The Hall–Kier alpha value is -1.18. The molecule has 0 saturated carbocycles. The molecule has 19 heavy (non-hydrogen) atoms. The summed E-state index contributed by atoms with van der Waals surface area (Å²) >= 11 is 0. The molecule has 0 radical (unpaired) electrons. The van der Waals surface area contributed by atoms with Crippen molar-refractivity contribution in [1.82, 2.24) is 0 Å². The van der Waals surface area contributed by atoms with E-state index in [-0.39, 0.29) is 12.8 Å². The summed E-state index contributed by atoms with van der Waals surface area (Å²) in [4.78, 5) is 0. The van der Waals surface area contributed by atoms with Crippen LogP contribution < -0.4 is 0 Å². The summed E-state index contributed by atoms with van der Waals surface area (Å²) in [5.41, 5.74) is 3.71. The molecule has 0 N–H and O–H groups in total. The third kappa shape index (κ3) is 6.00. The maximum atomic E-state index is 13.3. The molecular weight excluding hydrogens is 242 g/mol. The summed E-state index contributed by atoms with van der Waals surface area (Å²) in [5.74, 6) is -2.60. The Balaban J connectivity index is 5.12. The molecule has 0 aliphatic rings. The monoisotopic (exact) mass is 268 g/mol. The van der Waals surface area contributed by atoms with Crippen LogP contribution in [0.3, 0.4) is 0 Å². The molecule has 0 bridgehead atoms. The van der Waals surface area contributed by atoms with Crippen molar-refractivity contribution in [1.29, 1.82) is 0 Å². The zero-order chi connectivity index (χ0) is 15.1. The maximum Gasteiger partial charge on any atom is 0.248 e. The third-order valence-corrected chi connectivity index (χ3v) is 3.16. The fourth-order valence-corrected chi connectivity index (χ4v) is 2.02. The number of hydrogen-bond donors (Lipinski definition) is 0. The molecule has 0 spiro atoms. The van der Waals surface area contributed by atoms with Crippen molar-refractivity contribution in [2.45, 2.75) is 59.3 Å². The van der Waals surface area contributed by atoms with Gasteiger partial charge >= 0.3 is 0 Å². The van der Waals surface area contributed by atoms with E-state index in [1.54, 1.807) is 0 Å². The molecule has 0 amide bonds. The molecule has 0 aromatic carbocycles. The molecule has 0 aromatic heterocycles. The van der Waals surface area contributed by atoms with Crippen LogP contribution in [-0.4, -0.2) is 5.92 Å². The van der Waals surface area contributed by atoms with Crippen LogP contribution in [0.1, 0.15) is 53.4 Å². The molecule has 2 heteroatoms. The van der Waals surface area contributed by atoms with Gasteiger partial charge in [-0.25, -0.2) is 8.78 Å². The Kier molecular flexibility index (Phi) is 7.58. The van der Waals surface area contributed by atoms with Gasteiger partial charge in [-0.2, -0.15) is 0 Å². The lowest BCUT2D eigenvalue weighted by Crippen LogP contribution is -2.14. The van der Waals surface area contributed by atoms with Gasteiger partial charge in [0.1, 0.15) is 0 Å². The van der Waals surface area contributed by atoms with Crippen LogP contribution in [0, 0.1) is 0 Å². The predicted molar refractivity (Wildman–Crippen MR) is 80.6 cm³/mol. The minimum Gasteiger partial charge on any atom is -0.207 e. The highest BCUT2D eigenvalue weighted by Gasteiger charge is 2.26. The van der Waals surface area contributed by atoms with Gasteiger partial charge in [-0.3, -0.25) is 0 Å². The summed E-state index contributed by atoms with van der Waals surface area (Å²) in [6.07, 6.45) is 4.84. The van der Waals surface area contributed by atoms with Gasteiger partial charge in [0.25, 0.3) is 0 Å². The SMILES string of the molecule is C=C(C)/C(C(=C)CCC(F)(F)CC)=C(/C=C\C)CC. The van der Waals surface area contributed by atoms with Crippen molar-refractivity contribution in [2.24, 2.45) is 0 Å². The molecule has 0 atom stereocenters. The summed E-state index contributed by atoms with van der Waals surface area (Å²) in [6.45, 7) is 15.3. The standard InChI is InChI=1S/C17H26F2/c1-7-10-15(8-2)16(13(4)5)14(6)11-12-17(18,19)9-3/h7,10H,4,6,8-9,11-12H2,1-3,5H3/b10-7-,16-15-. The van der Waals surface area contributed by atoms with Gasteiger partial charge in [0.15, 0.2) is 0 Å². The van der Waals surface area contributed by atoms with E-state index in [4.69, 9.17) is 0 Å². The highest BCUT2D eigenvalue weighted by Crippen LogP contribution is 2.31. The van der Waals surface area contributed by atoms with E-state index in [2.05, 4.69) is 13.2 Å². The van der Waals surface area contributed by atoms with Crippen molar-refractivity contribution < 1.29 is 8.78 Å². The van der Waals surface area contributed by atoms with Crippen molar-refractivity contribution in [3.8, 4) is 0 Å². The normalized spacial score (nSPS) is 13.6. The van der Waals surface area contributed by atoms with E-state index in [0.29, 0.717) is 6.42 Å². The Labute approximate surface area is 116 Å². The van der Waals surface area contributed by atoms with E-state index in [9.17, 15) is 8.78 Å². The fourth-order valence-electron chi connectivity index (χ4n) is 2.02. The molecule has 0 aromatic rings. The summed E-state index contributed by atoms with van der Waals surface area (Å²) in [6, 6.07) is 0. The smallest absolute Gasteiger partial charge is 0.207 e. The lowest BCUT2D eigenvalue weighted by Gasteiger charge is -2.18. The van der Waals surface area contributed by atoms with E-state index in [1.807, 2.05) is 32.9 Å². The second-order valence-electron chi connectivity index (χ2n) is 4.85. The zero-order valence-electron chi connectivity index (χ0n) is 12.7. The van der Waals surface area contributed by atoms with Crippen LogP contribution in [-0.2, 0) is 0 Å². The average molecular weight is 268 g/mol. The van der Waals surface area contributed by atoms with Gasteiger partial charge in [-0.05, 0) is 43.4 Å². The van der Waals surface area contributed by atoms with Gasteiger partial charge in [0, 0.05) is 12.8 Å². The maximum absolute atomic E-state index is 13.3. The van der Waals surface area contributed by atoms with E-state index < -0.39 is 5.92 Å². The van der Waals surface area contributed by atoms with E-state index in [0.717, 1.165) is 28.7 Å². The Bertz CT molecular complexity index is 384. The number of rotatable bonds is 8. The Morgan fingerprint density at radius 2 is 1.79 bits per heavy atom. The van der Waals surface area contributed by atoms with Gasteiger partial charge in [0.2, 0.25) is 5.92 Å². The minimum atomic E-state index is -2.60. The van der Waals surface area contributed by atoms with Gasteiger partial charge in [-0.15, -0.1) is 0 Å². The first kappa shape index (κ1) is 17.8. The first-order valence-electron chi connectivity index (χ1n) is 6.86. The van der Waals surface area contributed by atoms with Crippen molar-refractivity contribution in [3.05, 3.63) is 47.6 Å². The Morgan fingerprint density at radius 1 is 1.21 bits per heavy atom. The quantitative estimate of drug-likeness (QED) is 0.458. The molecule has 0 heterocycles. The van der Waals surface area contributed by atoms with Crippen molar-refractivity contribution in [3.63, 3.8) is 0 Å². The van der Waals surface area contributed by atoms with Crippen LogP contribution in [0.15, 0.2) is 47.6 Å². The summed E-state index contributed by atoms with van der Waals surface area (Å²) in [5, 5.41) is 0. The molecule has 0 aliphatic carbocycles. The lowest BCUT2D eigenvalue weighted by molar-refractivity contribution is -0.0108. The highest BCUT2D eigenvalue weighted by molar-refractivity contribution is 5.49. The second kappa shape index (κ2) is 8.08. The van der Waals surface area contributed by atoms with Crippen LogP contribution >= 0.6 is 0 Å². The van der Waals surface area contributed by atoms with Crippen LogP contribution in [0.4, 0.5) is 8.78 Å². The molecule has 0 fully saturated rings. The van der Waals surface area contributed by atoms with Crippen LogP contribution in [0.25, 0.3) is 0 Å². The molecular formula is C17H26F2. The van der Waals surface area contributed by atoms with Crippen molar-refractivity contribution in [2.75, 3.05) is 0 Å². The zero-order valence-corrected chi connectivity index (χ0v) is 12.7. The topological polar surface area (TPSA) is 0 Å². The number of halogens is 2. The Morgan fingerprint density at radius 3 is 2.16 bits per heavy atom. The van der Waals surface area contributed by atoms with Gasteiger partial charge < -0.3 is 0 Å². The largest absolute Gasteiger partial charge is 0.248 e. The highest BCUT2D eigenvalue weighted by atomic mass is 19.3. The molecule has 0 rings (SSSR count). The van der Waals surface area contributed by atoms with Gasteiger partial charge in [-0.1, -0.05) is 44.7 Å². The average Bonchev–Trinajstić information content (AvgIpc) is 2.35. The number of allylic oxidation sites excluding steroid dienone is 6. The minimum absolute atomic E-state index is 0.123. The molecule has 0 aliphatic heterocycles. The summed E-state index contributed by atoms with van der Waals surface area (Å²) in [7, 11) is 0. The molecule has 0 unspecified atom stereocenters. The first-order chi connectivity index (χ1) is 8.79. The number of hydrogen-bond acceptors (Lipinski definition) is 0. The molecule has 108 valence electrons. The van der Waals surface area contributed by atoms with E-state index in [1.165, 1.54) is 6.92 Å². The van der Waals surface area contributed by atoms with Crippen LogP contribution in [0.5, 0.6) is 0 Å². The van der Waals surface area contributed by atoms with E-state index >= 15 is 0 Å². The van der Waals surface area contributed by atoms with Gasteiger partial charge in [0.05, 0.1) is 0 Å². The van der Waals surface area contributed by atoms with Crippen LogP contribution in [0.2, 0.25) is 0 Å². The second-order valence-corrected chi connectivity index (χ2v) is 4.85. The van der Waals surface area contributed by atoms with Crippen molar-refractivity contribution >= 4 is 0 Å². The lowest BCUT2D eigenvalue weighted by atomic mass is 9.90. The molecule has 0 saturated heterocycles. The third-order valence-electron chi connectivity index (χ3n) is 3.16. The predicted octanol–water partition coefficient (Wildman–Crippen LogP) is 6.23. The first-order valence-corrected chi connectivity index (χ1v) is 6.86. The molecule has 0 nitrogen and oxygen atoms in total. The number of alkyl halides is 2. The fraction of sp³-hybridized carbons (Fsp3) is 0.529.